The molecule has 70 valence electrons. The van der Waals surface area contributed by atoms with Gasteiger partial charge in [0.2, 0.25) is 0 Å². The predicted molar refractivity (Wildman–Crippen MR) is 51.3 cm³/mol. The van der Waals surface area contributed by atoms with Gasteiger partial charge in [-0.05, 0) is 12.1 Å². The summed E-state index contributed by atoms with van der Waals surface area (Å²) in [5, 5.41) is 7.06. The van der Waals surface area contributed by atoms with Crippen molar-refractivity contribution >= 4 is 23.1 Å². The molecule has 0 bridgehead atoms. The highest BCUT2D eigenvalue weighted by Crippen LogP contribution is 2.17. The molecular weight excluding hydrogens is 188 g/mol. The summed E-state index contributed by atoms with van der Waals surface area (Å²) in [5.41, 5.74) is 5.22. The first-order chi connectivity index (χ1) is 6.13. The number of hydrogen-bond acceptors (Lipinski definition) is 4. The quantitative estimate of drug-likeness (QED) is 0.432. The molecule has 0 aliphatic rings. The standard InChI is InChI=1S/C8H10N2O2S/c1-12-8(11)6-3-2-5(13-6)4-7(9)10/h2-3H,4H2,1H3,(H3,9,10). The summed E-state index contributed by atoms with van der Waals surface area (Å²) in [4.78, 5) is 12.5. The van der Waals surface area contributed by atoms with Crippen molar-refractivity contribution in [1.82, 2.24) is 0 Å². The highest BCUT2D eigenvalue weighted by molar-refractivity contribution is 7.14. The molecule has 4 nitrogen and oxygen atoms in total. The van der Waals surface area contributed by atoms with E-state index in [0.717, 1.165) is 4.88 Å². The van der Waals surface area contributed by atoms with E-state index in [1.165, 1.54) is 18.4 Å². The predicted octanol–water partition coefficient (Wildman–Crippen LogP) is 1.01. The first-order valence-corrected chi connectivity index (χ1v) is 4.45. The number of ether oxygens (including phenoxy) is 1. The van der Waals surface area contributed by atoms with Gasteiger partial charge in [0.1, 0.15) is 4.88 Å². The van der Waals surface area contributed by atoms with Gasteiger partial charge in [-0.1, -0.05) is 0 Å². The fourth-order valence-corrected chi connectivity index (χ4v) is 1.82. The zero-order valence-corrected chi connectivity index (χ0v) is 7.98. The van der Waals surface area contributed by atoms with Crippen LogP contribution < -0.4 is 5.73 Å². The van der Waals surface area contributed by atoms with E-state index in [0.29, 0.717) is 11.3 Å². The third kappa shape index (κ3) is 2.55. The van der Waals surface area contributed by atoms with Crippen LogP contribution in [0.15, 0.2) is 12.1 Å². The van der Waals surface area contributed by atoms with Gasteiger partial charge >= 0.3 is 5.97 Å². The van der Waals surface area contributed by atoms with Gasteiger partial charge in [-0.2, -0.15) is 0 Å². The minimum Gasteiger partial charge on any atom is -0.465 e. The number of methoxy groups -OCH3 is 1. The average molecular weight is 198 g/mol. The molecule has 0 saturated heterocycles. The Morgan fingerprint density at radius 3 is 2.92 bits per heavy atom. The Labute approximate surface area is 79.8 Å². The van der Waals surface area contributed by atoms with E-state index < -0.39 is 0 Å². The fourth-order valence-electron chi connectivity index (χ4n) is 0.871. The molecule has 0 aromatic carbocycles. The maximum Gasteiger partial charge on any atom is 0.348 e. The summed E-state index contributed by atoms with van der Waals surface area (Å²) in [5.74, 6) is -0.252. The normalized spacial score (nSPS) is 9.62. The minimum absolute atomic E-state index is 0.0956. The lowest BCUT2D eigenvalue weighted by molar-refractivity contribution is 0.0606. The van der Waals surface area contributed by atoms with E-state index in [1.807, 2.05) is 0 Å². The van der Waals surface area contributed by atoms with Crippen LogP contribution in [-0.2, 0) is 11.2 Å². The van der Waals surface area contributed by atoms with Gasteiger partial charge in [-0.15, -0.1) is 11.3 Å². The number of rotatable bonds is 3. The molecule has 0 aliphatic heterocycles. The molecule has 0 atom stereocenters. The number of nitrogens with one attached hydrogen (secondary N) is 1. The Balaban J connectivity index is 2.74. The zero-order valence-electron chi connectivity index (χ0n) is 7.16. The van der Waals surface area contributed by atoms with Gasteiger partial charge in [0, 0.05) is 11.3 Å². The largest absolute Gasteiger partial charge is 0.465 e. The molecule has 5 heteroatoms. The number of carbonyl (C=O) groups excluding carboxylic acids is 1. The summed E-state index contributed by atoms with van der Waals surface area (Å²) < 4.78 is 4.54. The van der Waals surface area contributed by atoms with Crippen molar-refractivity contribution in [3.8, 4) is 0 Å². The summed E-state index contributed by atoms with van der Waals surface area (Å²) in [6.45, 7) is 0. The maximum atomic E-state index is 11.0. The average Bonchev–Trinajstić information content (AvgIpc) is 2.50. The van der Waals surface area contributed by atoms with Gasteiger partial charge in [-0.3, -0.25) is 5.41 Å². The summed E-state index contributed by atoms with van der Waals surface area (Å²) in [6, 6.07) is 3.45. The van der Waals surface area contributed by atoms with E-state index in [1.54, 1.807) is 12.1 Å². The number of nitrogens with two attached hydrogens (primary N) is 1. The molecule has 1 aromatic heterocycles. The van der Waals surface area contributed by atoms with Crippen molar-refractivity contribution in [2.24, 2.45) is 5.73 Å². The second-order valence-electron chi connectivity index (χ2n) is 2.46. The molecule has 1 aromatic rings. The van der Waals surface area contributed by atoms with Crippen LogP contribution in [-0.4, -0.2) is 18.9 Å². The Hall–Kier alpha value is -1.36. The summed E-state index contributed by atoms with van der Waals surface area (Å²) >= 11 is 1.30. The number of hydrogen-bond donors (Lipinski definition) is 2. The van der Waals surface area contributed by atoms with E-state index in [4.69, 9.17) is 11.1 Å². The molecule has 1 heterocycles. The number of esters is 1. The van der Waals surface area contributed by atoms with E-state index in [2.05, 4.69) is 4.74 Å². The van der Waals surface area contributed by atoms with Crippen molar-refractivity contribution < 1.29 is 9.53 Å². The lowest BCUT2D eigenvalue weighted by Crippen LogP contribution is -2.11. The third-order valence-electron chi connectivity index (χ3n) is 1.41. The Morgan fingerprint density at radius 1 is 1.69 bits per heavy atom. The molecule has 3 N–H and O–H groups in total. The molecule has 0 spiro atoms. The molecule has 0 amide bonds. The molecule has 0 fully saturated rings. The van der Waals surface area contributed by atoms with Crippen LogP contribution in [0.2, 0.25) is 0 Å². The van der Waals surface area contributed by atoms with Crippen molar-refractivity contribution in [3.05, 3.63) is 21.9 Å². The summed E-state index contributed by atoms with van der Waals surface area (Å²) in [7, 11) is 1.34. The Kier molecular flexibility index (Phi) is 3.02. The lowest BCUT2D eigenvalue weighted by Gasteiger charge is -1.93. The molecule has 0 aliphatic carbocycles. The van der Waals surface area contributed by atoms with Gasteiger partial charge < -0.3 is 10.5 Å². The van der Waals surface area contributed by atoms with Crippen molar-refractivity contribution in [3.63, 3.8) is 0 Å². The van der Waals surface area contributed by atoms with Crippen LogP contribution >= 0.6 is 11.3 Å². The first kappa shape index (κ1) is 9.73. The second kappa shape index (κ2) is 4.04. The van der Waals surface area contributed by atoms with Gasteiger partial charge in [0.25, 0.3) is 0 Å². The zero-order chi connectivity index (χ0) is 9.84. The van der Waals surface area contributed by atoms with Crippen molar-refractivity contribution in [1.29, 1.82) is 5.41 Å². The molecule has 0 radical (unpaired) electrons. The van der Waals surface area contributed by atoms with E-state index in [9.17, 15) is 4.79 Å². The van der Waals surface area contributed by atoms with Crippen LogP contribution in [0.25, 0.3) is 0 Å². The number of amidine groups is 1. The van der Waals surface area contributed by atoms with Crippen LogP contribution in [0.5, 0.6) is 0 Å². The first-order valence-electron chi connectivity index (χ1n) is 3.63. The van der Waals surface area contributed by atoms with Crippen LogP contribution in [0.1, 0.15) is 14.5 Å². The van der Waals surface area contributed by atoms with Crippen molar-refractivity contribution in [2.45, 2.75) is 6.42 Å². The Morgan fingerprint density at radius 2 is 2.38 bits per heavy atom. The van der Waals surface area contributed by atoms with E-state index >= 15 is 0 Å². The number of carbonyl (C=O) groups is 1. The van der Waals surface area contributed by atoms with Gasteiger partial charge in [0.15, 0.2) is 0 Å². The van der Waals surface area contributed by atoms with Crippen LogP contribution in [0.4, 0.5) is 0 Å². The Bertz CT molecular complexity index is 333. The monoisotopic (exact) mass is 198 g/mol. The minimum atomic E-state index is -0.347. The maximum absolute atomic E-state index is 11.0. The van der Waals surface area contributed by atoms with Crippen LogP contribution in [0.3, 0.4) is 0 Å². The smallest absolute Gasteiger partial charge is 0.348 e. The molecule has 13 heavy (non-hydrogen) atoms. The lowest BCUT2D eigenvalue weighted by atomic mass is 10.3. The fraction of sp³-hybridized carbons (Fsp3) is 0.250. The topological polar surface area (TPSA) is 76.2 Å². The summed E-state index contributed by atoms with van der Waals surface area (Å²) in [6.07, 6.45) is 0.391. The van der Waals surface area contributed by atoms with Crippen LogP contribution in [0, 0.1) is 5.41 Å². The van der Waals surface area contributed by atoms with E-state index in [-0.39, 0.29) is 11.8 Å². The molecular formula is C8H10N2O2S. The third-order valence-corrected chi connectivity index (χ3v) is 2.48. The van der Waals surface area contributed by atoms with Gasteiger partial charge in [-0.25, -0.2) is 4.79 Å². The second-order valence-corrected chi connectivity index (χ2v) is 3.63. The SMILES string of the molecule is COC(=O)c1ccc(CC(=N)N)s1. The van der Waals surface area contributed by atoms with Gasteiger partial charge in [0.05, 0.1) is 12.9 Å². The highest BCUT2D eigenvalue weighted by Gasteiger charge is 2.08. The molecule has 0 unspecified atom stereocenters. The molecule has 0 saturated carbocycles. The molecule has 1 rings (SSSR count). The highest BCUT2D eigenvalue weighted by atomic mass is 32.1. The number of thiophene rings is 1. The van der Waals surface area contributed by atoms with Crippen molar-refractivity contribution in [2.75, 3.05) is 7.11 Å².